The number of piperidine rings is 1. The van der Waals surface area contributed by atoms with Gasteiger partial charge in [-0.15, -0.1) is 0 Å². The maximum Gasteiger partial charge on any atom is 0.329 e. The van der Waals surface area contributed by atoms with Crippen molar-refractivity contribution in [3.05, 3.63) is 53.4 Å². The van der Waals surface area contributed by atoms with Crippen molar-refractivity contribution in [2.75, 3.05) is 33.6 Å². The third kappa shape index (κ3) is 12.3. The fraction of sp³-hybridized carbons (Fsp3) is 0.694. The van der Waals surface area contributed by atoms with Crippen LogP contribution in [0.4, 0.5) is 5.69 Å². The topological polar surface area (TPSA) is 217 Å². The Morgan fingerprint density at radius 1 is 0.953 bits per heavy atom. The van der Waals surface area contributed by atoms with E-state index < -0.39 is 83.9 Å². The standard InChI is InChI=1S/C49H73N3O12/c1-28-20-29(2)22-42(61-7)45-43(62-8)24-31(4)49(59,64-45)46(56)47(57)52-19-10-9-14-37(52)48(58)63-44(30(3)23-33-15-16-38(53)41(25-33)60-6)32(5)39(54)26-40(55)35(21-28)13-11-12-34-17-18-51-27-36(34)50/h11-12,17-18,21,23,27,29,31-33,35,37-39,41-45,53-54,59H,9-10,13-16,19-20,22,24-26,50H2,1-8H3/b12-11+,28-21+,30-23+/t29-,31+,32+,33-,35+,37-,38+,39-,41+,42-,43-,44+,45+,49+/m0/s1. The summed E-state index contributed by atoms with van der Waals surface area (Å²) in [6.07, 6.45) is 9.71. The Morgan fingerprint density at radius 3 is 2.34 bits per heavy atom. The summed E-state index contributed by atoms with van der Waals surface area (Å²) in [6.45, 7) is 9.23. The molecule has 0 unspecified atom stereocenters. The Kier molecular flexibility index (Phi) is 18.4. The van der Waals surface area contributed by atoms with Crippen molar-refractivity contribution in [2.24, 2.45) is 29.6 Å². The molecule has 3 fully saturated rings. The third-order valence-electron chi connectivity index (χ3n) is 14.0. The number of nitrogens with zero attached hydrogens (tertiary/aromatic N) is 2. The van der Waals surface area contributed by atoms with Crippen LogP contribution in [0.3, 0.4) is 0 Å². The highest BCUT2D eigenvalue weighted by Crippen LogP contribution is 2.39. The first kappa shape index (κ1) is 51.2. The minimum absolute atomic E-state index is 0.0332. The number of Topliss-reactive ketones (excluding diaryl/α,β-unsaturated/α-hetero) is 2. The van der Waals surface area contributed by atoms with Gasteiger partial charge in [-0.05, 0) is 102 Å². The van der Waals surface area contributed by atoms with Crippen LogP contribution in [0.25, 0.3) is 6.08 Å². The molecule has 1 aliphatic carbocycles. The van der Waals surface area contributed by atoms with Gasteiger partial charge in [0.1, 0.15) is 24.0 Å². The Morgan fingerprint density at radius 2 is 1.66 bits per heavy atom. The van der Waals surface area contributed by atoms with Gasteiger partial charge in [0.15, 0.2) is 0 Å². The number of hydrogen-bond acceptors (Lipinski definition) is 14. The van der Waals surface area contributed by atoms with Gasteiger partial charge in [-0.25, -0.2) is 4.79 Å². The average molecular weight is 896 g/mol. The van der Waals surface area contributed by atoms with Crippen molar-refractivity contribution in [1.82, 2.24) is 9.88 Å². The minimum Gasteiger partial charge on any atom is -0.456 e. The maximum atomic E-state index is 14.5. The number of carbonyl (C=O) groups is 4. The van der Waals surface area contributed by atoms with E-state index in [1.807, 2.05) is 45.1 Å². The number of amides is 1. The molecule has 0 radical (unpaired) electrons. The number of fused-ring (bicyclic) bond motifs is 3. The van der Waals surface area contributed by atoms with E-state index in [2.05, 4.69) is 4.98 Å². The van der Waals surface area contributed by atoms with Gasteiger partial charge in [0.25, 0.3) is 11.7 Å². The fourth-order valence-electron chi connectivity index (χ4n) is 10.2. The molecule has 5 rings (SSSR count). The number of carbonyl (C=O) groups excluding carboxylic acids is 4. The first-order valence-corrected chi connectivity index (χ1v) is 23.1. The molecule has 2 bridgehead atoms. The van der Waals surface area contributed by atoms with E-state index in [4.69, 9.17) is 29.4 Å². The number of rotatable bonds is 8. The summed E-state index contributed by atoms with van der Waals surface area (Å²) >= 11 is 0. The summed E-state index contributed by atoms with van der Waals surface area (Å²) in [5.74, 6) is -8.07. The number of allylic oxidation sites excluding steroid dienone is 4. The second-order valence-electron chi connectivity index (χ2n) is 18.9. The van der Waals surface area contributed by atoms with Gasteiger partial charge in [-0.3, -0.25) is 19.4 Å². The molecule has 0 spiro atoms. The highest BCUT2D eigenvalue weighted by Gasteiger charge is 2.56. The van der Waals surface area contributed by atoms with Gasteiger partial charge in [0.05, 0.1) is 42.4 Å². The Labute approximate surface area is 378 Å². The first-order chi connectivity index (χ1) is 30.4. The molecule has 15 heteroatoms. The van der Waals surface area contributed by atoms with Gasteiger partial charge in [-0.1, -0.05) is 50.6 Å². The lowest BCUT2D eigenvalue weighted by Crippen LogP contribution is -2.64. The number of ketones is 2. The van der Waals surface area contributed by atoms with Crippen molar-refractivity contribution in [3.8, 4) is 0 Å². The van der Waals surface area contributed by atoms with Crippen LogP contribution < -0.4 is 5.73 Å². The zero-order valence-corrected chi connectivity index (χ0v) is 39.0. The van der Waals surface area contributed by atoms with Gasteiger partial charge >= 0.3 is 5.97 Å². The van der Waals surface area contributed by atoms with Crippen LogP contribution in [0.15, 0.2) is 47.8 Å². The Bertz CT molecular complexity index is 1870. The second-order valence-corrected chi connectivity index (χ2v) is 18.9. The van der Waals surface area contributed by atoms with Crippen LogP contribution in [0.1, 0.15) is 111 Å². The summed E-state index contributed by atoms with van der Waals surface area (Å²) in [6, 6.07) is 0.621. The number of nitrogen functional groups attached to an aromatic ring is 1. The zero-order valence-electron chi connectivity index (χ0n) is 39.0. The monoisotopic (exact) mass is 896 g/mol. The van der Waals surface area contributed by atoms with E-state index in [0.717, 1.165) is 11.1 Å². The summed E-state index contributed by atoms with van der Waals surface area (Å²) < 4.78 is 30.0. The van der Waals surface area contributed by atoms with Gasteiger partial charge < -0.3 is 49.6 Å². The number of aromatic nitrogens is 1. The molecule has 64 heavy (non-hydrogen) atoms. The molecule has 1 aromatic rings. The number of esters is 1. The van der Waals surface area contributed by atoms with Crippen LogP contribution >= 0.6 is 0 Å². The molecule has 4 heterocycles. The summed E-state index contributed by atoms with van der Waals surface area (Å²) in [4.78, 5) is 62.8. The fourth-order valence-corrected chi connectivity index (χ4v) is 10.2. The van der Waals surface area contributed by atoms with Crippen molar-refractivity contribution < 1.29 is 58.2 Å². The predicted molar refractivity (Wildman–Crippen MR) is 240 cm³/mol. The molecule has 356 valence electrons. The SMILES string of the molecule is CO[C@H]1C[C@@H](C)C/C(C)=C/[C@@H](C/C=C/c2ccncc2N)C(=O)C[C@H](O)[C@@H](C)[C@@H](/C(C)=C/[C@@H]2CC[C@@H](O)[C@H](OC)C2)OC(=O)[C@@H]2CCCCN2C(=O)C(=O)[C@]2(O)O[C@H]1[C@@H](OC)C[C@H]2C. The number of ether oxygens (including phenoxy) is 5. The molecule has 14 atom stereocenters. The molecule has 4 aliphatic rings. The van der Waals surface area contributed by atoms with Gasteiger partial charge in [0.2, 0.25) is 5.79 Å². The average Bonchev–Trinajstić information content (AvgIpc) is 3.27. The molecule has 15 nitrogen and oxygen atoms in total. The molecular weight excluding hydrogens is 823 g/mol. The predicted octanol–water partition coefficient (Wildman–Crippen LogP) is 5.14. The first-order valence-electron chi connectivity index (χ1n) is 23.1. The Hall–Kier alpha value is -3.83. The molecule has 5 N–H and O–H groups in total. The molecule has 2 saturated heterocycles. The molecule has 0 aromatic carbocycles. The van der Waals surface area contributed by atoms with E-state index in [0.29, 0.717) is 62.6 Å². The molecular formula is C49H73N3O12. The largest absolute Gasteiger partial charge is 0.456 e. The smallest absolute Gasteiger partial charge is 0.329 e. The lowest BCUT2D eigenvalue weighted by Gasteiger charge is -2.47. The number of hydrogen-bond donors (Lipinski definition) is 4. The Balaban J connectivity index is 1.56. The second kappa shape index (κ2) is 23.1. The van der Waals surface area contributed by atoms with Gasteiger partial charge in [-0.2, -0.15) is 0 Å². The van der Waals surface area contributed by atoms with E-state index in [-0.39, 0.29) is 49.5 Å². The number of nitrogens with two attached hydrogens (primary N) is 1. The number of aliphatic hydroxyl groups excluding tert-OH is 2. The molecule has 3 aliphatic heterocycles. The molecule has 1 amide bonds. The van der Waals surface area contributed by atoms with E-state index >= 15 is 0 Å². The van der Waals surface area contributed by atoms with E-state index in [1.165, 1.54) is 19.1 Å². The summed E-state index contributed by atoms with van der Waals surface area (Å²) in [5.41, 5.74) is 8.98. The summed E-state index contributed by atoms with van der Waals surface area (Å²) in [5, 5.41) is 34.6. The van der Waals surface area contributed by atoms with Crippen molar-refractivity contribution >= 4 is 35.2 Å². The molecule has 1 aromatic heterocycles. The van der Waals surface area contributed by atoms with Crippen molar-refractivity contribution in [3.63, 3.8) is 0 Å². The summed E-state index contributed by atoms with van der Waals surface area (Å²) in [7, 11) is 4.60. The van der Waals surface area contributed by atoms with Crippen LogP contribution in [0.5, 0.6) is 0 Å². The minimum atomic E-state index is -2.53. The quantitative estimate of drug-likeness (QED) is 0.151. The van der Waals surface area contributed by atoms with Gasteiger partial charge in [0, 0.05) is 63.8 Å². The molecule has 1 saturated carbocycles. The number of pyridine rings is 1. The van der Waals surface area contributed by atoms with Crippen LogP contribution in [-0.4, -0.2) is 131 Å². The maximum absolute atomic E-state index is 14.5. The van der Waals surface area contributed by atoms with E-state index in [1.54, 1.807) is 39.4 Å². The van der Waals surface area contributed by atoms with Crippen molar-refractivity contribution in [2.45, 2.75) is 160 Å². The van der Waals surface area contributed by atoms with Crippen LogP contribution in [-0.2, 0) is 42.9 Å². The van der Waals surface area contributed by atoms with Crippen LogP contribution in [0.2, 0.25) is 0 Å². The lowest BCUT2D eigenvalue weighted by atomic mass is 9.81. The highest BCUT2D eigenvalue weighted by atomic mass is 16.7. The zero-order chi connectivity index (χ0) is 46.9. The number of anilines is 1. The number of cyclic esters (lactones) is 1. The van der Waals surface area contributed by atoms with E-state index in [9.17, 15) is 34.5 Å². The van der Waals surface area contributed by atoms with Crippen LogP contribution in [0, 0.1) is 29.6 Å². The highest BCUT2D eigenvalue weighted by molar-refractivity contribution is 6.39. The number of methoxy groups -OCH3 is 3. The third-order valence-corrected chi connectivity index (χ3v) is 14.0. The normalized spacial score (nSPS) is 37.9. The lowest BCUT2D eigenvalue weighted by molar-refractivity contribution is -0.302. The van der Waals surface area contributed by atoms with Crippen molar-refractivity contribution in [1.29, 1.82) is 0 Å². The number of aliphatic hydroxyl groups is 3.